The van der Waals surface area contributed by atoms with E-state index in [9.17, 15) is 14.8 Å². The molecule has 2 rings (SSSR count). The summed E-state index contributed by atoms with van der Waals surface area (Å²) in [5.41, 5.74) is 0. The minimum Gasteiger partial charge on any atom is -0.508 e. The van der Waals surface area contributed by atoms with Crippen molar-refractivity contribution in [1.82, 2.24) is 0 Å². The molecule has 5 heteroatoms. The van der Waals surface area contributed by atoms with Crippen LogP contribution in [0.1, 0.15) is 20.8 Å². The summed E-state index contributed by atoms with van der Waals surface area (Å²) in [5.74, 6) is 0.0973. The van der Waals surface area contributed by atoms with Gasteiger partial charge in [0.1, 0.15) is 23.6 Å². The topological polar surface area (TPSA) is 66.8 Å². The Hall–Kier alpha value is -1.15. The summed E-state index contributed by atoms with van der Waals surface area (Å²) >= 11 is 0. The molecule has 0 saturated carbocycles. The molecule has 2 N–H and O–H groups in total. The number of fused-ring (bicyclic) bond motifs is 1. The largest absolute Gasteiger partial charge is 0.508 e. The van der Waals surface area contributed by atoms with Crippen molar-refractivity contribution in [2.24, 2.45) is 0 Å². The molecule has 88 valence electrons. The zero-order valence-electron chi connectivity index (χ0n) is 9.52. The molecule has 0 bridgehead atoms. The lowest BCUT2D eigenvalue weighted by molar-refractivity contribution is 0.383. The van der Waals surface area contributed by atoms with Crippen molar-refractivity contribution in [3.8, 4) is 17.2 Å². The molecule has 1 atom stereocenters. The highest BCUT2D eigenvalue weighted by Gasteiger charge is 2.47. The zero-order chi connectivity index (χ0) is 12.1. The molecule has 1 aromatic rings. The minimum absolute atomic E-state index is 0.0846. The number of benzene rings is 1. The molecule has 0 aromatic heterocycles. The molecule has 1 aromatic carbocycles. The maximum absolute atomic E-state index is 12.8. The van der Waals surface area contributed by atoms with Crippen LogP contribution in [0, 0.1) is 0 Å². The van der Waals surface area contributed by atoms with Crippen LogP contribution in [0.25, 0.3) is 0 Å². The highest BCUT2D eigenvalue weighted by atomic mass is 31.2. The third-order valence-electron chi connectivity index (χ3n) is 2.89. The summed E-state index contributed by atoms with van der Waals surface area (Å²) in [5, 5.41) is 19.0. The van der Waals surface area contributed by atoms with E-state index in [4.69, 9.17) is 4.74 Å². The molecule has 0 amide bonds. The number of aromatic hydroxyl groups is 2. The first-order valence-corrected chi connectivity index (χ1v) is 6.93. The van der Waals surface area contributed by atoms with E-state index in [0.717, 1.165) is 0 Å². The zero-order valence-corrected chi connectivity index (χ0v) is 10.4. The molecule has 4 nitrogen and oxygen atoms in total. The van der Waals surface area contributed by atoms with Gasteiger partial charge in [0.25, 0.3) is 0 Å². The third-order valence-corrected chi connectivity index (χ3v) is 6.72. The lowest BCUT2D eigenvalue weighted by Gasteiger charge is -2.26. The fourth-order valence-corrected chi connectivity index (χ4v) is 4.23. The van der Waals surface area contributed by atoms with Crippen LogP contribution in [-0.2, 0) is 4.57 Å². The molecule has 0 radical (unpaired) electrons. The van der Waals surface area contributed by atoms with E-state index >= 15 is 0 Å². The van der Waals surface area contributed by atoms with Gasteiger partial charge < -0.3 is 19.5 Å². The smallest absolute Gasteiger partial charge is 0.163 e. The Morgan fingerprint density at radius 3 is 2.50 bits per heavy atom. The first-order chi connectivity index (χ1) is 7.25. The molecule has 1 heterocycles. The van der Waals surface area contributed by atoms with Gasteiger partial charge in [0.15, 0.2) is 7.14 Å². The van der Waals surface area contributed by atoms with Crippen molar-refractivity contribution in [3.05, 3.63) is 12.1 Å². The first kappa shape index (κ1) is 11.3. The van der Waals surface area contributed by atoms with E-state index in [0.29, 0.717) is 11.1 Å². The van der Waals surface area contributed by atoms with Crippen LogP contribution in [-0.4, -0.2) is 21.7 Å². The lowest BCUT2D eigenvalue weighted by Crippen LogP contribution is -2.22. The third kappa shape index (κ3) is 1.40. The summed E-state index contributed by atoms with van der Waals surface area (Å²) in [6.07, 6.45) is 0.0862. The van der Waals surface area contributed by atoms with Crippen LogP contribution in [0.3, 0.4) is 0 Å². The van der Waals surface area contributed by atoms with E-state index < -0.39 is 12.3 Å². The lowest BCUT2D eigenvalue weighted by atomic mass is 10.2. The summed E-state index contributed by atoms with van der Waals surface area (Å²) in [6.45, 7) is 5.58. The molecule has 0 aliphatic carbocycles. The Morgan fingerprint density at radius 1 is 1.31 bits per heavy atom. The average molecular weight is 242 g/mol. The molecule has 0 spiro atoms. The molecular formula is C11H15O4P. The van der Waals surface area contributed by atoms with Crippen LogP contribution in [0.15, 0.2) is 12.1 Å². The van der Waals surface area contributed by atoms with Gasteiger partial charge in [0, 0.05) is 17.3 Å². The van der Waals surface area contributed by atoms with Gasteiger partial charge in [0.05, 0.1) is 5.30 Å². The van der Waals surface area contributed by atoms with E-state index in [1.807, 2.05) is 20.8 Å². The number of hydrogen-bond acceptors (Lipinski definition) is 4. The summed E-state index contributed by atoms with van der Waals surface area (Å²) in [6, 6.07) is 2.59. The van der Waals surface area contributed by atoms with Gasteiger partial charge in [-0.05, 0) is 0 Å². The quantitative estimate of drug-likeness (QED) is 0.684. The molecule has 0 saturated heterocycles. The van der Waals surface area contributed by atoms with Crippen molar-refractivity contribution in [2.45, 2.75) is 25.9 Å². The first-order valence-electron chi connectivity index (χ1n) is 5.04. The number of hydrogen-bond donors (Lipinski definition) is 2. The summed E-state index contributed by atoms with van der Waals surface area (Å²) < 4.78 is 18.1. The van der Waals surface area contributed by atoms with Gasteiger partial charge in [-0.15, -0.1) is 0 Å². The maximum atomic E-state index is 12.8. The van der Waals surface area contributed by atoms with E-state index in [2.05, 4.69) is 0 Å². The summed E-state index contributed by atoms with van der Waals surface area (Å²) in [7, 11) is -2.78. The molecule has 16 heavy (non-hydrogen) atoms. The van der Waals surface area contributed by atoms with E-state index in [1.54, 1.807) is 0 Å². The van der Waals surface area contributed by atoms with Gasteiger partial charge >= 0.3 is 0 Å². The normalized spacial score (nSPS) is 23.9. The second-order valence-corrected chi connectivity index (χ2v) is 8.52. The van der Waals surface area contributed by atoms with E-state index in [-0.39, 0.29) is 17.8 Å². The second kappa shape index (κ2) is 3.17. The van der Waals surface area contributed by atoms with Crippen molar-refractivity contribution in [3.63, 3.8) is 0 Å². The summed E-state index contributed by atoms with van der Waals surface area (Å²) in [4.78, 5) is 0. The van der Waals surface area contributed by atoms with Crippen LogP contribution < -0.4 is 10.0 Å². The number of rotatable bonds is 0. The maximum Gasteiger partial charge on any atom is 0.163 e. The number of phenolic OH excluding ortho intramolecular Hbond substituents is 2. The van der Waals surface area contributed by atoms with Gasteiger partial charge in [-0.3, -0.25) is 0 Å². The SMILES string of the molecule is CC(C)(C)P1(=O)COc2cc(O)cc(O)c21. The Kier molecular flexibility index (Phi) is 2.25. The minimum atomic E-state index is -2.78. The van der Waals surface area contributed by atoms with Crippen LogP contribution >= 0.6 is 7.14 Å². The van der Waals surface area contributed by atoms with Crippen LogP contribution in [0.5, 0.6) is 17.2 Å². The van der Waals surface area contributed by atoms with Crippen molar-refractivity contribution in [1.29, 1.82) is 0 Å². The monoisotopic (exact) mass is 242 g/mol. The van der Waals surface area contributed by atoms with Crippen molar-refractivity contribution >= 4 is 12.4 Å². The Labute approximate surface area is 94.2 Å². The number of phenols is 2. The van der Waals surface area contributed by atoms with Crippen molar-refractivity contribution < 1.29 is 19.5 Å². The highest BCUT2D eigenvalue weighted by Crippen LogP contribution is 2.63. The number of ether oxygens (including phenoxy) is 1. The van der Waals surface area contributed by atoms with Crippen molar-refractivity contribution in [2.75, 3.05) is 6.35 Å². The fraction of sp³-hybridized carbons (Fsp3) is 0.455. The van der Waals surface area contributed by atoms with Crippen LogP contribution in [0.2, 0.25) is 0 Å². The predicted octanol–water partition coefficient (Wildman–Crippen LogP) is 2.23. The van der Waals surface area contributed by atoms with Gasteiger partial charge in [-0.2, -0.15) is 0 Å². The predicted molar refractivity (Wildman–Crippen MR) is 62.3 cm³/mol. The Morgan fingerprint density at radius 2 is 1.94 bits per heavy atom. The van der Waals surface area contributed by atoms with Crippen LogP contribution in [0.4, 0.5) is 0 Å². The molecule has 1 aliphatic heterocycles. The molecule has 1 unspecified atom stereocenters. The highest BCUT2D eigenvalue weighted by molar-refractivity contribution is 7.73. The Bertz CT molecular complexity index is 487. The standard InChI is InChI=1S/C11H15O4P/c1-11(2,3)16(14)6-15-9-5-7(12)4-8(13)10(9)16/h4-5,12-13H,6H2,1-3H3. The second-order valence-electron chi connectivity index (χ2n) is 5.00. The van der Waals surface area contributed by atoms with E-state index in [1.165, 1.54) is 12.1 Å². The molecule has 0 fully saturated rings. The fourth-order valence-electron chi connectivity index (χ4n) is 1.81. The van der Waals surface area contributed by atoms with Gasteiger partial charge in [-0.1, -0.05) is 20.8 Å². The molecule has 1 aliphatic rings. The average Bonchev–Trinajstić information content (AvgIpc) is 2.43. The van der Waals surface area contributed by atoms with Gasteiger partial charge in [0.2, 0.25) is 0 Å². The Balaban J connectivity index is 2.69. The van der Waals surface area contributed by atoms with Gasteiger partial charge in [-0.25, -0.2) is 0 Å². The molecular weight excluding hydrogens is 227 g/mol.